The van der Waals surface area contributed by atoms with Crippen molar-refractivity contribution in [3.8, 4) is 0 Å². The summed E-state index contributed by atoms with van der Waals surface area (Å²) in [6, 6.07) is 0. The maximum absolute atomic E-state index is 9.91. The van der Waals surface area contributed by atoms with Gasteiger partial charge in [-0.25, -0.2) is 0 Å². The molecule has 0 aliphatic rings. The molecule has 0 rings (SSSR count). The Kier molecular flexibility index (Phi) is 6.82. The highest BCUT2D eigenvalue weighted by Gasteiger charge is 2.09. The van der Waals surface area contributed by atoms with Crippen LogP contribution >= 0.6 is 0 Å². The predicted molar refractivity (Wildman–Crippen MR) is 57.7 cm³/mol. The lowest BCUT2D eigenvalue weighted by molar-refractivity contribution is -0.870. The Morgan fingerprint density at radius 3 is 1.50 bits per heavy atom. The molecule has 0 saturated heterocycles. The highest BCUT2D eigenvalue weighted by Crippen LogP contribution is 2.09. The number of carboxylic acids is 1. The molecule has 0 N–H and O–H groups in total. The van der Waals surface area contributed by atoms with Crippen LogP contribution in [0.5, 0.6) is 0 Å². The molecule has 0 bridgehead atoms. The molecule has 0 saturated carbocycles. The van der Waals surface area contributed by atoms with Crippen molar-refractivity contribution in [3.63, 3.8) is 0 Å². The maximum atomic E-state index is 9.91. The summed E-state index contributed by atoms with van der Waals surface area (Å²) < 4.78 is 1.09. The molecule has 0 unspecified atom stereocenters. The molecular formula is C11H25NO2. The molecule has 0 aromatic rings. The van der Waals surface area contributed by atoms with Crippen LogP contribution < -0.4 is 5.11 Å². The molecule has 0 aliphatic heterocycles. The van der Waals surface area contributed by atoms with E-state index in [2.05, 4.69) is 28.1 Å². The number of carbonyl (C=O) groups excluding carboxylic acids is 1. The van der Waals surface area contributed by atoms with Gasteiger partial charge in [-0.1, -0.05) is 27.7 Å². The van der Waals surface area contributed by atoms with Crippen molar-refractivity contribution in [3.05, 3.63) is 0 Å². The quantitative estimate of drug-likeness (QED) is 0.625. The number of carboxylic acid groups (broad SMARTS) is 1. The summed E-state index contributed by atoms with van der Waals surface area (Å²) in [4.78, 5) is 9.91. The maximum Gasteiger partial charge on any atom is 0.0777 e. The largest absolute Gasteiger partial charge is 0.550 e. The monoisotopic (exact) mass is 203 g/mol. The van der Waals surface area contributed by atoms with Gasteiger partial charge < -0.3 is 14.4 Å². The third kappa shape index (κ3) is 14.0. The average Bonchev–Trinajstić information content (AvgIpc) is 1.82. The highest BCUT2D eigenvalue weighted by molar-refractivity contribution is 5.70. The fourth-order valence-electron chi connectivity index (χ4n) is 0.671. The summed E-state index contributed by atoms with van der Waals surface area (Å²) in [5, 5.41) is 9.91. The minimum Gasteiger partial charge on any atom is -0.550 e. The Labute approximate surface area is 88.3 Å². The van der Waals surface area contributed by atoms with Crippen molar-refractivity contribution in [2.24, 2.45) is 5.41 Å². The minimum atomic E-state index is -1.01. The summed E-state index contributed by atoms with van der Waals surface area (Å²) in [7, 11) is 6.64. The van der Waals surface area contributed by atoms with Crippen molar-refractivity contribution in [2.75, 3.05) is 27.7 Å². The normalized spacial score (nSPS) is 11.6. The Morgan fingerprint density at radius 1 is 1.21 bits per heavy atom. The van der Waals surface area contributed by atoms with Crippen LogP contribution in [0.25, 0.3) is 0 Å². The predicted octanol–water partition coefficient (Wildman–Crippen LogP) is 0.885. The van der Waals surface area contributed by atoms with Gasteiger partial charge in [0.25, 0.3) is 0 Å². The van der Waals surface area contributed by atoms with E-state index in [-0.39, 0.29) is 0 Å². The standard InChI is InChI=1S/C6H16N.C5H10O2/c1-5-6-7(2,3)4;1-5(2,3)4(6)7/h5-6H2,1-4H3;1-3H3,(H,6,7)/q+1;/p-1. The fraction of sp³-hybridized carbons (Fsp3) is 0.909. The van der Waals surface area contributed by atoms with Gasteiger partial charge in [-0.15, -0.1) is 0 Å². The first-order valence-corrected chi connectivity index (χ1v) is 5.02. The van der Waals surface area contributed by atoms with Gasteiger partial charge in [0.1, 0.15) is 0 Å². The molecule has 0 spiro atoms. The van der Waals surface area contributed by atoms with Gasteiger partial charge in [-0.2, -0.15) is 0 Å². The summed E-state index contributed by atoms with van der Waals surface area (Å²) in [5.41, 5.74) is -0.694. The average molecular weight is 203 g/mol. The second-order valence-corrected chi connectivity index (χ2v) is 5.55. The van der Waals surface area contributed by atoms with Crippen molar-refractivity contribution in [1.82, 2.24) is 0 Å². The van der Waals surface area contributed by atoms with Crippen molar-refractivity contribution in [1.29, 1.82) is 0 Å². The minimum absolute atomic E-state index is 0.694. The van der Waals surface area contributed by atoms with E-state index in [4.69, 9.17) is 0 Å². The van der Waals surface area contributed by atoms with E-state index in [1.807, 2.05) is 0 Å². The second-order valence-electron chi connectivity index (χ2n) is 5.55. The van der Waals surface area contributed by atoms with Gasteiger partial charge in [0.05, 0.1) is 27.7 Å². The molecule has 0 atom stereocenters. The molecule has 14 heavy (non-hydrogen) atoms. The number of hydrogen-bond donors (Lipinski definition) is 0. The fourth-order valence-corrected chi connectivity index (χ4v) is 0.671. The molecule has 0 amide bonds. The summed E-state index contributed by atoms with van der Waals surface area (Å²) in [6.45, 7) is 8.29. The topological polar surface area (TPSA) is 40.1 Å². The lowest BCUT2D eigenvalue weighted by Crippen LogP contribution is -2.35. The lowest BCUT2D eigenvalue weighted by Gasteiger charge is -2.22. The van der Waals surface area contributed by atoms with Crippen LogP contribution in [0.15, 0.2) is 0 Å². The summed E-state index contributed by atoms with van der Waals surface area (Å²) in [5.74, 6) is -1.01. The number of quaternary nitrogens is 1. The first-order valence-electron chi connectivity index (χ1n) is 5.02. The summed E-state index contributed by atoms with van der Waals surface area (Å²) in [6.07, 6.45) is 1.28. The molecule has 0 aliphatic carbocycles. The molecule has 0 aromatic heterocycles. The van der Waals surface area contributed by atoms with E-state index < -0.39 is 11.4 Å². The van der Waals surface area contributed by atoms with E-state index in [1.165, 1.54) is 13.0 Å². The van der Waals surface area contributed by atoms with Crippen molar-refractivity contribution >= 4 is 5.97 Å². The van der Waals surface area contributed by atoms with E-state index in [1.54, 1.807) is 20.8 Å². The molecule has 0 aromatic carbocycles. The van der Waals surface area contributed by atoms with E-state index >= 15 is 0 Å². The van der Waals surface area contributed by atoms with E-state index in [0.29, 0.717) is 0 Å². The molecule has 86 valence electrons. The van der Waals surface area contributed by atoms with Crippen molar-refractivity contribution in [2.45, 2.75) is 34.1 Å². The molecular weight excluding hydrogens is 178 g/mol. The van der Waals surface area contributed by atoms with Gasteiger partial charge in [0.2, 0.25) is 0 Å². The Morgan fingerprint density at radius 2 is 1.50 bits per heavy atom. The number of rotatable bonds is 2. The molecule has 3 nitrogen and oxygen atoms in total. The van der Waals surface area contributed by atoms with E-state index in [0.717, 1.165) is 4.48 Å². The Balaban J connectivity index is 0. The molecule has 3 heteroatoms. The first kappa shape index (κ1) is 15.9. The number of aliphatic carboxylic acids is 1. The SMILES string of the molecule is CC(C)(C)C(=O)[O-].CCC[N+](C)(C)C. The van der Waals surface area contributed by atoms with Gasteiger partial charge >= 0.3 is 0 Å². The van der Waals surface area contributed by atoms with Gasteiger partial charge in [0, 0.05) is 11.4 Å². The van der Waals surface area contributed by atoms with Crippen LogP contribution in [-0.4, -0.2) is 38.1 Å². The van der Waals surface area contributed by atoms with E-state index in [9.17, 15) is 9.90 Å². The third-order valence-electron chi connectivity index (χ3n) is 1.51. The van der Waals surface area contributed by atoms with Crippen LogP contribution in [0.4, 0.5) is 0 Å². The summed E-state index contributed by atoms with van der Waals surface area (Å²) >= 11 is 0. The zero-order valence-corrected chi connectivity index (χ0v) is 10.7. The van der Waals surface area contributed by atoms with Crippen LogP contribution in [-0.2, 0) is 4.79 Å². The van der Waals surface area contributed by atoms with Crippen molar-refractivity contribution < 1.29 is 14.4 Å². The second kappa shape index (κ2) is 6.02. The zero-order chi connectivity index (χ0) is 12.0. The third-order valence-corrected chi connectivity index (χ3v) is 1.51. The van der Waals surface area contributed by atoms with Crippen LogP contribution in [0.1, 0.15) is 34.1 Å². The Bertz CT molecular complexity index is 163. The van der Waals surface area contributed by atoms with Crippen LogP contribution in [0.2, 0.25) is 0 Å². The molecule has 0 fully saturated rings. The van der Waals surface area contributed by atoms with Crippen LogP contribution in [0, 0.1) is 5.41 Å². The van der Waals surface area contributed by atoms with Gasteiger partial charge in [0.15, 0.2) is 0 Å². The number of nitrogens with zero attached hydrogens (tertiary/aromatic N) is 1. The lowest BCUT2D eigenvalue weighted by atomic mass is 9.98. The zero-order valence-electron chi connectivity index (χ0n) is 10.7. The molecule has 0 heterocycles. The first-order chi connectivity index (χ1) is 6.00. The molecule has 0 radical (unpaired) electrons. The van der Waals surface area contributed by atoms with Crippen LogP contribution in [0.3, 0.4) is 0 Å². The smallest absolute Gasteiger partial charge is 0.0777 e. The number of hydrogen-bond acceptors (Lipinski definition) is 2. The highest BCUT2D eigenvalue weighted by atomic mass is 16.4. The number of carbonyl (C=O) groups is 1. The Hall–Kier alpha value is -0.570. The van der Waals surface area contributed by atoms with Gasteiger partial charge in [-0.05, 0) is 6.42 Å². The van der Waals surface area contributed by atoms with Gasteiger partial charge in [-0.3, -0.25) is 0 Å².